The number of hydrogen-bond donors (Lipinski definition) is 1. The largest absolute Gasteiger partial charge is 0.507 e. The molecule has 3 nitrogen and oxygen atoms in total. The number of nitrogens with zero attached hydrogens (tertiary/aromatic N) is 1. The van der Waals surface area contributed by atoms with E-state index in [-0.39, 0.29) is 5.75 Å². The Morgan fingerprint density at radius 2 is 1.95 bits per heavy atom. The van der Waals surface area contributed by atoms with E-state index in [2.05, 4.69) is 34.8 Å². The van der Waals surface area contributed by atoms with Gasteiger partial charge in [-0.25, -0.2) is 4.98 Å². The van der Waals surface area contributed by atoms with E-state index in [0.29, 0.717) is 17.4 Å². The molecule has 0 saturated carbocycles. The lowest BCUT2D eigenvalue weighted by molar-refractivity contribution is 0.474. The van der Waals surface area contributed by atoms with Gasteiger partial charge in [-0.1, -0.05) is 35.8 Å². The second kappa shape index (κ2) is 4.94. The Balaban J connectivity index is 2.15. The Kier molecular flexibility index (Phi) is 3.26. The van der Waals surface area contributed by atoms with Gasteiger partial charge in [0.25, 0.3) is 0 Å². The lowest BCUT2D eigenvalue weighted by Crippen LogP contribution is -1.85. The molecule has 1 N–H and O–H groups in total. The van der Waals surface area contributed by atoms with Crippen molar-refractivity contribution in [2.45, 2.75) is 19.8 Å². The van der Waals surface area contributed by atoms with Crippen molar-refractivity contribution in [3.05, 3.63) is 46.4 Å². The van der Waals surface area contributed by atoms with Crippen molar-refractivity contribution in [1.82, 2.24) is 4.98 Å². The summed E-state index contributed by atoms with van der Waals surface area (Å²) in [4.78, 5) is 4.48. The Bertz CT molecular complexity index is 777. The van der Waals surface area contributed by atoms with Crippen LogP contribution in [0.15, 0.2) is 45.3 Å². The van der Waals surface area contributed by atoms with Crippen molar-refractivity contribution in [1.29, 1.82) is 0 Å². The van der Waals surface area contributed by atoms with Crippen molar-refractivity contribution in [2.75, 3.05) is 0 Å². The van der Waals surface area contributed by atoms with Gasteiger partial charge in [0.15, 0.2) is 5.58 Å². The topological polar surface area (TPSA) is 46.3 Å². The molecule has 3 aromatic rings. The van der Waals surface area contributed by atoms with Crippen molar-refractivity contribution in [2.24, 2.45) is 0 Å². The van der Waals surface area contributed by atoms with Gasteiger partial charge >= 0.3 is 0 Å². The van der Waals surface area contributed by atoms with E-state index in [1.54, 1.807) is 18.2 Å². The molecule has 0 aliphatic heterocycles. The van der Waals surface area contributed by atoms with E-state index in [9.17, 15) is 5.11 Å². The summed E-state index contributed by atoms with van der Waals surface area (Å²) in [6.07, 6.45) is 0. The molecule has 0 aliphatic carbocycles. The lowest BCUT2D eigenvalue weighted by atomic mass is 10.0. The third-order valence-electron chi connectivity index (χ3n) is 3.27. The first-order chi connectivity index (χ1) is 9.54. The smallest absolute Gasteiger partial charge is 0.231 e. The third-order valence-corrected chi connectivity index (χ3v) is 3.76. The van der Waals surface area contributed by atoms with Crippen LogP contribution in [0.1, 0.15) is 25.3 Å². The summed E-state index contributed by atoms with van der Waals surface area (Å²) in [5.41, 5.74) is 3.34. The number of phenols is 1. The highest BCUT2D eigenvalue weighted by Gasteiger charge is 2.13. The lowest BCUT2D eigenvalue weighted by Gasteiger charge is -2.02. The van der Waals surface area contributed by atoms with Gasteiger partial charge < -0.3 is 9.52 Å². The van der Waals surface area contributed by atoms with Crippen LogP contribution in [0.3, 0.4) is 0 Å². The highest BCUT2D eigenvalue weighted by Crippen LogP contribution is 2.33. The highest BCUT2D eigenvalue weighted by atomic mass is 79.9. The number of aromatic nitrogens is 1. The van der Waals surface area contributed by atoms with Crippen LogP contribution < -0.4 is 0 Å². The normalized spacial score (nSPS) is 11.4. The zero-order chi connectivity index (χ0) is 14.3. The van der Waals surface area contributed by atoms with Gasteiger partial charge in [-0.05, 0) is 41.8 Å². The monoisotopic (exact) mass is 331 g/mol. The molecule has 4 heteroatoms. The van der Waals surface area contributed by atoms with Gasteiger partial charge in [0.2, 0.25) is 5.89 Å². The Labute approximate surface area is 125 Å². The minimum atomic E-state index is 0.156. The number of oxazole rings is 1. The first kappa shape index (κ1) is 13.2. The van der Waals surface area contributed by atoms with Crippen LogP contribution in [0.25, 0.3) is 22.6 Å². The highest BCUT2D eigenvalue weighted by molar-refractivity contribution is 9.10. The van der Waals surface area contributed by atoms with E-state index in [4.69, 9.17) is 4.42 Å². The Morgan fingerprint density at radius 1 is 1.15 bits per heavy atom. The first-order valence-corrected chi connectivity index (χ1v) is 7.23. The van der Waals surface area contributed by atoms with Crippen molar-refractivity contribution in [3.8, 4) is 17.2 Å². The third kappa shape index (κ3) is 2.31. The van der Waals surface area contributed by atoms with Crippen molar-refractivity contribution >= 4 is 27.0 Å². The van der Waals surface area contributed by atoms with Crippen LogP contribution in [0.5, 0.6) is 5.75 Å². The van der Waals surface area contributed by atoms with Gasteiger partial charge in [0.05, 0.1) is 5.56 Å². The van der Waals surface area contributed by atoms with Gasteiger partial charge in [0.1, 0.15) is 11.3 Å². The zero-order valence-corrected chi connectivity index (χ0v) is 12.8. The van der Waals surface area contributed by atoms with E-state index in [1.807, 2.05) is 18.2 Å². The number of fused-ring (bicyclic) bond motifs is 1. The summed E-state index contributed by atoms with van der Waals surface area (Å²) in [5, 5.41) is 9.94. The fourth-order valence-electron chi connectivity index (χ4n) is 2.10. The average molecular weight is 332 g/mol. The molecular formula is C16H14BrNO2. The van der Waals surface area contributed by atoms with E-state index in [1.165, 1.54) is 5.56 Å². The number of aromatic hydroxyl groups is 1. The van der Waals surface area contributed by atoms with Crippen LogP contribution in [0.4, 0.5) is 0 Å². The van der Waals surface area contributed by atoms with Crippen LogP contribution in [-0.4, -0.2) is 10.1 Å². The number of hydrogen-bond acceptors (Lipinski definition) is 3. The fourth-order valence-corrected chi connectivity index (χ4v) is 2.46. The quantitative estimate of drug-likeness (QED) is 0.711. The average Bonchev–Trinajstić information content (AvgIpc) is 2.83. The molecule has 2 aromatic carbocycles. The molecule has 0 saturated heterocycles. The molecule has 0 spiro atoms. The molecule has 0 amide bonds. The molecule has 0 aliphatic rings. The Hall–Kier alpha value is -1.81. The summed E-state index contributed by atoms with van der Waals surface area (Å²) >= 11 is 3.39. The minimum Gasteiger partial charge on any atom is -0.507 e. The predicted molar refractivity (Wildman–Crippen MR) is 82.9 cm³/mol. The van der Waals surface area contributed by atoms with Crippen molar-refractivity contribution < 1.29 is 9.52 Å². The molecule has 20 heavy (non-hydrogen) atoms. The molecule has 0 atom stereocenters. The molecule has 1 aromatic heterocycles. The summed E-state index contributed by atoms with van der Waals surface area (Å²) in [7, 11) is 0. The predicted octanol–water partition coefficient (Wildman–Crippen LogP) is 5.09. The summed E-state index contributed by atoms with van der Waals surface area (Å²) in [5.74, 6) is 1.03. The van der Waals surface area contributed by atoms with Gasteiger partial charge in [0, 0.05) is 4.47 Å². The summed E-state index contributed by atoms with van der Waals surface area (Å²) < 4.78 is 6.60. The van der Waals surface area contributed by atoms with Gasteiger partial charge in [-0.3, -0.25) is 0 Å². The van der Waals surface area contributed by atoms with E-state index < -0.39 is 0 Å². The zero-order valence-electron chi connectivity index (χ0n) is 11.2. The summed E-state index contributed by atoms with van der Waals surface area (Å²) in [6.45, 7) is 4.28. The SMILES string of the molecule is CC(C)c1ccc2oc(-c3cc(Br)ccc3O)nc2c1. The number of halogens is 1. The van der Waals surface area contributed by atoms with Crippen LogP contribution in [0, 0.1) is 0 Å². The van der Waals surface area contributed by atoms with Crippen LogP contribution in [-0.2, 0) is 0 Å². The molecule has 0 bridgehead atoms. The maximum absolute atomic E-state index is 9.94. The Morgan fingerprint density at radius 3 is 2.70 bits per heavy atom. The van der Waals surface area contributed by atoms with E-state index in [0.717, 1.165) is 15.6 Å². The molecule has 0 unspecified atom stereocenters. The van der Waals surface area contributed by atoms with Crippen LogP contribution in [0.2, 0.25) is 0 Å². The molecule has 0 fully saturated rings. The second-order valence-corrected chi connectivity index (χ2v) is 5.98. The van der Waals surface area contributed by atoms with Crippen LogP contribution >= 0.6 is 15.9 Å². The number of benzene rings is 2. The standard InChI is InChI=1S/C16H14BrNO2/c1-9(2)10-3-6-15-13(7-10)18-16(20-15)12-8-11(17)4-5-14(12)19/h3-9,19H,1-2H3. The number of rotatable bonds is 2. The van der Waals surface area contributed by atoms with Gasteiger partial charge in [-0.15, -0.1) is 0 Å². The molecule has 3 rings (SSSR count). The maximum atomic E-state index is 9.94. The first-order valence-electron chi connectivity index (χ1n) is 6.44. The minimum absolute atomic E-state index is 0.156. The second-order valence-electron chi connectivity index (χ2n) is 5.06. The number of phenolic OH excluding ortho intramolecular Hbond substituents is 1. The maximum Gasteiger partial charge on any atom is 0.231 e. The molecular weight excluding hydrogens is 318 g/mol. The van der Waals surface area contributed by atoms with Gasteiger partial charge in [-0.2, -0.15) is 0 Å². The molecule has 1 heterocycles. The molecule has 0 radical (unpaired) electrons. The van der Waals surface area contributed by atoms with Crippen molar-refractivity contribution in [3.63, 3.8) is 0 Å². The fraction of sp³-hybridized carbons (Fsp3) is 0.188. The molecule has 102 valence electrons. The summed E-state index contributed by atoms with van der Waals surface area (Å²) in [6, 6.07) is 11.2. The van der Waals surface area contributed by atoms with E-state index >= 15 is 0 Å².